The molecule has 0 aromatic heterocycles. The van der Waals surface area contributed by atoms with E-state index in [4.69, 9.17) is 18.9 Å². The van der Waals surface area contributed by atoms with E-state index in [1.807, 2.05) is 78.9 Å². The van der Waals surface area contributed by atoms with Gasteiger partial charge in [0.25, 0.3) is 0 Å². The van der Waals surface area contributed by atoms with E-state index < -0.39 is 58.6 Å². The van der Waals surface area contributed by atoms with Crippen LogP contribution in [0.5, 0.6) is 0 Å². The molecule has 5 rings (SSSR count). The minimum absolute atomic E-state index is 0.177. The van der Waals surface area contributed by atoms with Gasteiger partial charge >= 0.3 is 18.2 Å². The van der Waals surface area contributed by atoms with Gasteiger partial charge in [-0.2, -0.15) is 0 Å². The molecule has 0 unspecified atom stereocenters. The van der Waals surface area contributed by atoms with Crippen LogP contribution in [0.4, 0.5) is 15.3 Å². The Kier molecular flexibility index (Phi) is 8.70. The minimum Gasteiger partial charge on any atom is -0.467 e. The standard InChI is InChI=1S/C37H42N2O8/c1-24(40)38(32(42)46-34(2,3)4)29(30(41)44-8)23-36-27-21-15-16-22-28(27)39(33(43)47-35(5,6)7)31(36)45-37(36,25-17-11-9-12-18-25)26-19-13-10-14-20-26/h9-22,29,31H,23H2,1-8H3/t29-,31+,36+/m0/s1. The van der Waals surface area contributed by atoms with Crippen LogP contribution >= 0.6 is 0 Å². The van der Waals surface area contributed by atoms with Gasteiger partial charge in [0.2, 0.25) is 5.91 Å². The van der Waals surface area contributed by atoms with Crippen LogP contribution in [0, 0.1) is 0 Å². The molecule has 0 radical (unpaired) electrons. The summed E-state index contributed by atoms with van der Waals surface area (Å²) in [5.74, 6) is -1.53. The van der Waals surface area contributed by atoms with Crippen LogP contribution in [0.2, 0.25) is 0 Å². The van der Waals surface area contributed by atoms with Gasteiger partial charge in [-0.1, -0.05) is 78.9 Å². The molecule has 0 spiro atoms. The number of nitrogens with zero attached hydrogens (tertiary/aromatic N) is 2. The van der Waals surface area contributed by atoms with E-state index in [9.17, 15) is 19.2 Å². The van der Waals surface area contributed by atoms with Gasteiger partial charge in [0.1, 0.15) is 22.8 Å². The third-order valence-electron chi connectivity index (χ3n) is 8.40. The van der Waals surface area contributed by atoms with Crippen molar-refractivity contribution >= 4 is 29.8 Å². The number of para-hydroxylation sites is 1. The number of carbonyl (C=O) groups is 4. The van der Waals surface area contributed by atoms with Crippen molar-refractivity contribution in [2.45, 2.75) is 89.4 Å². The van der Waals surface area contributed by atoms with Crippen molar-refractivity contribution in [3.8, 4) is 0 Å². The molecule has 2 heterocycles. The Labute approximate surface area is 275 Å². The number of ether oxygens (including phenoxy) is 4. The van der Waals surface area contributed by atoms with Crippen molar-refractivity contribution in [1.82, 2.24) is 4.90 Å². The topological polar surface area (TPSA) is 112 Å². The Bertz CT molecular complexity index is 1620. The van der Waals surface area contributed by atoms with Gasteiger partial charge < -0.3 is 18.9 Å². The van der Waals surface area contributed by atoms with E-state index in [-0.39, 0.29) is 6.42 Å². The first-order chi connectivity index (χ1) is 22.1. The number of amides is 3. The van der Waals surface area contributed by atoms with Gasteiger partial charge in [-0.3, -0.25) is 4.79 Å². The summed E-state index contributed by atoms with van der Waals surface area (Å²) >= 11 is 0. The normalized spacial score (nSPS) is 20.2. The highest BCUT2D eigenvalue weighted by molar-refractivity contribution is 5.97. The fourth-order valence-corrected chi connectivity index (χ4v) is 6.80. The molecule has 2 aliphatic heterocycles. The SMILES string of the molecule is COC(=O)[C@H](C[C@@]12c3ccccc3N(C(=O)OC(C)(C)C)[C@@H]1OC2(c1ccccc1)c1ccccc1)N(C(C)=O)C(=O)OC(C)(C)C. The van der Waals surface area contributed by atoms with Gasteiger partial charge in [-0.15, -0.1) is 0 Å². The number of hydrogen-bond acceptors (Lipinski definition) is 8. The van der Waals surface area contributed by atoms with Crippen molar-refractivity contribution in [3.05, 3.63) is 102 Å². The number of esters is 1. The smallest absolute Gasteiger partial charge is 0.417 e. The predicted octanol–water partition coefficient (Wildman–Crippen LogP) is 6.69. The van der Waals surface area contributed by atoms with Gasteiger partial charge in [0, 0.05) is 6.92 Å². The monoisotopic (exact) mass is 642 g/mol. The van der Waals surface area contributed by atoms with E-state index in [1.54, 1.807) is 47.6 Å². The molecule has 0 aliphatic carbocycles. The zero-order valence-electron chi connectivity index (χ0n) is 28.1. The number of carbonyl (C=O) groups excluding carboxylic acids is 4. The summed E-state index contributed by atoms with van der Waals surface area (Å²) in [6.45, 7) is 11.5. The maximum atomic E-state index is 14.0. The molecule has 0 saturated carbocycles. The quantitative estimate of drug-likeness (QED) is 0.216. The van der Waals surface area contributed by atoms with Crippen molar-refractivity contribution < 1.29 is 38.1 Å². The summed E-state index contributed by atoms with van der Waals surface area (Å²) < 4.78 is 23.8. The minimum atomic E-state index is -1.46. The Morgan fingerprint density at radius 3 is 1.81 bits per heavy atom. The molecule has 10 nitrogen and oxygen atoms in total. The number of hydrogen-bond donors (Lipinski definition) is 0. The highest BCUT2D eigenvalue weighted by Crippen LogP contribution is 2.69. The Balaban J connectivity index is 1.82. The van der Waals surface area contributed by atoms with Crippen LogP contribution in [0.1, 0.15) is 71.6 Å². The van der Waals surface area contributed by atoms with Crippen molar-refractivity contribution in [2.75, 3.05) is 12.0 Å². The van der Waals surface area contributed by atoms with Crippen LogP contribution < -0.4 is 4.90 Å². The molecule has 1 saturated heterocycles. The summed E-state index contributed by atoms with van der Waals surface area (Å²) in [5, 5.41) is 0. The molecular weight excluding hydrogens is 600 g/mol. The number of methoxy groups -OCH3 is 1. The van der Waals surface area contributed by atoms with Crippen molar-refractivity contribution in [1.29, 1.82) is 0 Å². The molecular formula is C37H42N2O8. The number of rotatable bonds is 6. The average Bonchev–Trinajstić information content (AvgIpc) is 3.21. The molecule has 3 amide bonds. The second-order valence-electron chi connectivity index (χ2n) is 13.8. The zero-order chi connectivity index (χ0) is 34.4. The number of benzene rings is 3. The summed E-state index contributed by atoms with van der Waals surface area (Å²) in [6, 6.07) is 24.9. The Morgan fingerprint density at radius 1 is 0.809 bits per heavy atom. The van der Waals surface area contributed by atoms with Crippen LogP contribution in [-0.4, -0.2) is 59.5 Å². The molecule has 0 N–H and O–H groups in total. The summed E-state index contributed by atoms with van der Waals surface area (Å²) in [4.78, 5) is 57.1. The second-order valence-corrected chi connectivity index (χ2v) is 13.8. The maximum absolute atomic E-state index is 14.0. The molecule has 1 fully saturated rings. The van der Waals surface area contributed by atoms with Gasteiger partial charge in [-0.05, 0) is 70.7 Å². The average molecular weight is 643 g/mol. The third-order valence-corrected chi connectivity index (χ3v) is 8.40. The molecule has 2 aliphatic rings. The fraction of sp³-hybridized carbons (Fsp3) is 0.405. The molecule has 47 heavy (non-hydrogen) atoms. The van der Waals surface area contributed by atoms with Gasteiger partial charge in [0.15, 0.2) is 6.23 Å². The molecule has 248 valence electrons. The van der Waals surface area contributed by atoms with Crippen LogP contribution in [0.3, 0.4) is 0 Å². The van der Waals surface area contributed by atoms with Gasteiger partial charge in [-0.25, -0.2) is 24.2 Å². The Hall–Kier alpha value is -4.70. The number of anilines is 1. The lowest BCUT2D eigenvalue weighted by Gasteiger charge is -2.63. The molecule has 3 atom stereocenters. The number of imide groups is 1. The van der Waals surface area contributed by atoms with E-state index in [0.717, 1.165) is 16.0 Å². The van der Waals surface area contributed by atoms with Crippen molar-refractivity contribution in [3.63, 3.8) is 0 Å². The first-order valence-corrected chi connectivity index (χ1v) is 15.6. The summed E-state index contributed by atoms with van der Waals surface area (Å²) in [5.41, 5.74) is -1.64. The van der Waals surface area contributed by atoms with E-state index in [0.29, 0.717) is 11.3 Å². The second kappa shape index (κ2) is 12.2. The summed E-state index contributed by atoms with van der Waals surface area (Å²) in [7, 11) is 1.20. The highest BCUT2D eigenvalue weighted by atomic mass is 16.6. The Morgan fingerprint density at radius 2 is 1.32 bits per heavy atom. The van der Waals surface area contributed by atoms with E-state index in [2.05, 4.69) is 0 Å². The lowest BCUT2D eigenvalue weighted by atomic mass is 9.54. The van der Waals surface area contributed by atoms with E-state index >= 15 is 0 Å². The third kappa shape index (κ3) is 5.75. The van der Waals surface area contributed by atoms with Crippen LogP contribution in [0.15, 0.2) is 84.9 Å². The lowest BCUT2D eigenvalue weighted by molar-refractivity contribution is -0.264. The van der Waals surface area contributed by atoms with Gasteiger partial charge in [0.05, 0.1) is 18.2 Å². The maximum Gasteiger partial charge on any atom is 0.417 e. The first-order valence-electron chi connectivity index (χ1n) is 15.6. The lowest BCUT2D eigenvalue weighted by Crippen LogP contribution is -2.74. The van der Waals surface area contributed by atoms with E-state index in [1.165, 1.54) is 18.9 Å². The molecule has 0 bridgehead atoms. The van der Waals surface area contributed by atoms with Crippen molar-refractivity contribution in [2.24, 2.45) is 0 Å². The predicted molar refractivity (Wildman–Crippen MR) is 175 cm³/mol. The van der Waals surface area contributed by atoms with Crippen LogP contribution in [0.25, 0.3) is 0 Å². The first kappa shape index (κ1) is 33.7. The number of fused-ring (bicyclic) bond motifs is 3. The largest absolute Gasteiger partial charge is 0.467 e. The highest BCUT2D eigenvalue weighted by Gasteiger charge is 2.76. The zero-order valence-corrected chi connectivity index (χ0v) is 28.1. The van der Waals surface area contributed by atoms with Crippen LogP contribution in [-0.2, 0) is 39.6 Å². The molecule has 10 heteroatoms. The molecule has 3 aromatic rings. The molecule has 3 aromatic carbocycles. The fourth-order valence-electron chi connectivity index (χ4n) is 6.80. The summed E-state index contributed by atoms with van der Waals surface area (Å²) in [6.07, 6.45) is -2.82.